The Labute approximate surface area is 194 Å². The van der Waals surface area contributed by atoms with Crippen LogP contribution in [0.25, 0.3) is 0 Å². The van der Waals surface area contributed by atoms with Gasteiger partial charge in [-0.05, 0) is 65.5 Å². The maximum atomic E-state index is 14.5. The summed E-state index contributed by atoms with van der Waals surface area (Å²) in [5, 5.41) is 23.1. The minimum Gasteiger partial charge on any atom is -0.394 e. The van der Waals surface area contributed by atoms with Crippen LogP contribution in [0.5, 0.6) is 0 Å². The summed E-state index contributed by atoms with van der Waals surface area (Å²) in [6.07, 6.45) is -0.0653. The van der Waals surface area contributed by atoms with E-state index in [2.05, 4.69) is 10.6 Å². The third-order valence-electron chi connectivity index (χ3n) is 5.43. The van der Waals surface area contributed by atoms with Crippen LogP contribution in [0.15, 0.2) is 24.3 Å². The molecule has 2 atom stereocenters. The molecular weight excluding hydrogens is 547 g/mol. The van der Waals surface area contributed by atoms with Gasteiger partial charge in [0.2, 0.25) is 5.91 Å². The van der Waals surface area contributed by atoms with Crippen molar-refractivity contribution in [1.29, 1.82) is 0 Å². The summed E-state index contributed by atoms with van der Waals surface area (Å²) in [5.74, 6) is -7.61. The molecule has 0 aliphatic heterocycles. The normalized spacial score (nSPS) is 16.2. The van der Waals surface area contributed by atoms with Crippen LogP contribution >= 0.6 is 22.6 Å². The highest BCUT2D eigenvalue weighted by molar-refractivity contribution is 14.1. The smallest absolute Gasteiger partial charge is 0.235 e. The van der Waals surface area contributed by atoms with Gasteiger partial charge in [0.05, 0.1) is 24.3 Å². The maximum absolute atomic E-state index is 14.5. The molecule has 0 spiro atoms. The molecule has 11 heteroatoms. The lowest BCUT2D eigenvalue weighted by atomic mass is 9.84. The van der Waals surface area contributed by atoms with Gasteiger partial charge >= 0.3 is 0 Å². The average molecular weight is 566 g/mol. The molecule has 172 valence electrons. The fraction of sp³-hybridized carbons (Fsp3) is 0.333. The number of aldehydes is 1. The third kappa shape index (κ3) is 5.04. The molecule has 6 nitrogen and oxygen atoms in total. The van der Waals surface area contributed by atoms with Crippen molar-refractivity contribution in [3.05, 3.63) is 51.1 Å². The van der Waals surface area contributed by atoms with Crippen LogP contribution in [0, 0.1) is 38.2 Å². The van der Waals surface area contributed by atoms with Crippen LogP contribution in [0.3, 0.4) is 0 Å². The number of anilines is 3. The van der Waals surface area contributed by atoms with Crippen molar-refractivity contribution in [2.45, 2.75) is 25.4 Å². The van der Waals surface area contributed by atoms with Crippen molar-refractivity contribution in [1.82, 2.24) is 0 Å². The number of benzene rings is 2. The largest absolute Gasteiger partial charge is 0.394 e. The van der Waals surface area contributed by atoms with E-state index in [0.29, 0.717) is 22.7 Å². The Bertz CT molecular complexity index is 1050. The molecule has 0 bridgehead atoms. The van der Waals surface area contributed by atoms with Crippen molar-refractivity contribution in [3.8, 4) is 0 Å². The summed E-state index contributed by atoms with van der Waals surface area (Å²) in [4.78, 5) is 24.4. The average Bonchev–Trinajstić information content (AvgIpc) is 3.50. The van der Waals surface area contributed by atoms with Gasteiger partial charge in [-0.3, -0.25) is 4.79 Å². The lowest BCUT2D eigenvalue weighted by Gasteiger charge is -2.24. The van der Waals surface area contributed by atoms with E-state index in [4.69, 9.17) is 5.11 Å². The van der Waals surface area contributed by atoms with E-state index in [0.717, 1.165) is 6.07 Å². The van der Waals surface area contributed by atoms with E-state index >= 15 is 0 Å². The molecule has 2 aromatic carbocycles. The van der Waals surface area contributed by atoms with E-state index in [9.17, 15) is 32.3 Å². The van der Waals surface area contributed by atoms with Gasteiger partial charge in [0.25, 0.3) is 0 Å². The minimum atomic E-state index is -1.56. The fourth-order valence-electron chi connectivity index (χ4n) is 3.58. The molecule has 32 heavy (non-hydrogen) atoms. The molecule has 1 aliphatic rings. The molecule has 0 radical (unpaired) electrons. The van der Waals surface area contributed by atoms with E-state index < -0.39 is 64.6 Å². The fourth-order valence-corrected chi connectivity index (χ4v) is 4.04. The topological polar surface area (TPSA) is 98.7 Å². The van der Waals surface area contributed by atoms with E-state index in [1.54, 1.807) is 0 Å². The Kier molecular flexibility index (Phi) is 7.40. The molecule has 2 aromatic rings. The van der Waals surface area contributed by atoms with Crippen molar-refractivity contribution < 1.29 is 37.4 Å². The second-order valence-electron chi connectivity index (χ2n) is 7.66. The van der Waals surface area contributed by atoms with Crippen LogP contribution in [-0.4, -0.2) is 35.1 Å². The number of hydrogen-bond acceptors (Lipinski definition) is 5. The number of halogens is 5. The number of carbonyl (C=O) groups excluding carboxylic acids is 2. The van der Waals surface area contributed by atoms with Gasteiger partial charge in [-0.25, -0.2) is 17.6 Å². The van der Waals surface area contributed by atoms with Crippen LogP contribution in [0.2, 0.25) is 0 Å². The van der Waals surface area contributed by atoms with Crippen LogP contribution in [-0.2, 0) is 9.59 Å². The molecule has 3 rings (SSSR count). The molecule has 0 heterocycles. The van der Waals surface area contributed by atoms with Crippen molar-refractivity contribution >= 4 is 51.8 Å². The highest BCUT2D eigenvalue weighted by Gasteiger charge is 2.53. The Morgan fingerprint density at radius 2 is 1.81 bits per heavy atom. The molecular formula is C21H19F4IN2O4. The molecule has 0 aromatic heterocycles. The Hall–Kier alpha value is -2.25. The summed E-state index contributed by atoms with van der Waals surface area (Å²) in [5.41, 5.74) is -2.86. The number of aliphatic hydroxyl groups excluding tert-OH is 2. The summed E-state index contributed by atoms with van der Waals surface area (Å²) in [6.45, 7) is -0.567. The lowest BCUT2D eigenvalue weighted by Crippen LogP contribution is -2.35. The van der Waals surface area contributed by atoms with Crippen LogP contribution in [0.1, 0.15) is 19.3 Å². The van der Waals surface area contributed by atoms with Gasteiger partial charge < -0.3 is 25.6 Å². The summed E-state index contributed by atoms with van der Waals surface area (Å²) >= 11 is 1.84. The molecule has 0 saturated heterocycles. The second-order valence-corrected chi connectivity index (χ2v) is 8.90. The van der Waals surface area contributed by atoms with Gasteiger partial charge in [-0.15, -0.1) is 0 Å². The first-order valence-corrected chi connectivity index (χ1v) is 10.6. The highest BCUT2D eigenvalue weighted by Crippen LogP contribution is 2.55. The number of rotatable bonds is 9. The summed E-state index contributed by atoms with van der Waals surface area (Å²) in [6, 6.07) is 4.04. The van der Waals surface area contributed by atoms with Crippen LogP contribution in [0.4, 0.5) is 34.6 Å². The van der Waals surface area contributed by atoms with E-state index in [1.807, 2.05) is 22.6 Å². The number of amides is 1. The SMILES string of the molecule is O=C[C@@H](C(=O)Nc1c(F)cc(F)c(F)c1Nc1ccc(I)cc1F)C1(CC(O)CO)CC1. The highest BCUT2D eigenvalue weighted by atomic mass is 127. The molecule has 1 fully saturated rings. The minimum absolute atomic E-state index is 0.0421. The Morgan fingerprint density at radius 3 is 2.38 bits per heavy atom. The number of carbonyl (C=O) groups is 2. The van der Waals surface area contributed by atoms with Gasteiger partial charge in [-0.1, -0.05) is 0 Å². The second kappa shape index (κ2) is 9.71. The third-order valence-corrected chi connectivity index (χ3v) is 6.10. The quantitative estimate of drug-likeness (QED) is 0.122. The monoisotopic (exact) mass is 566 g/mol. The molecule has 4 N–H and O–H groups in total. The zero-order chi connectivity index (χ0) is 23.6. The van der Waals surface area contributed by atoms with Crippen molar-refractivity contribution in [3.63, 3.8) is 0 Å². The molecule has 1 saturated carbocycles. The van der Waals surface area contributed by atoms with E-state index in [-0.39, 0.29) is 18.2 Å². The van der Waals surface area contributed by atoms with Crippen molar-refractivity contribution in [2.75, 3.05) is 17.2 Å². The lowest BCUT2D eigenvalue weighted by molar-refractivity contribution is -0.128. The first-order chi connectivity index (χ1) is 15.1. The Balaban J connectivity index is 1.94. The summed E-state index contributed by atoms with van der Waals surface area (Å²) < 4.78 is 57.7. The van der Waals surface area contributed by atoms with E-state index in [1.165, 1.54) is 12.1 Å². The standard InChI is InChI=1S/C21H19F4IN2O4/c22-13-5-10(26)1-2-16(13)27-19-17(25)14(23)6-15(24)18(19)28-20(32)12(9-30)21(3-4-21)7-11(31)8-29/h1-2,5-6,9,11-12,27,29,31H,3-4,7-8H2,(H,28,32)/t11?,12-/m0/s1. The molecule has 1 aliphatic carbocycles. The first-order valence-electron chi connectivity index (χ1n) is 9.56. The number of hydrogen-bond donors (Lipinski definition) is 4. The summed E-state index contributed by atoms with van der Waals surface area (Å²) in [7, 11) is 0. The van der Waals surface area contributed by atoms with Gasteiger partial charge in [0.15, 0.2) is 17.5 Å². The van der Waals surface area contributed by atoms with Gasteiger partial charge in [0, 0.05) is 9.64 Å². The molecule has 1 unspecified atom stereocenters. The number of aliphatic hydroxyl groups is 2. The number of nitrogens with one attached hydrogen (secondary N) is 2. The maximum Gasteiger partial charge on any atom is 0.235 e. The zero-order valence-electron chi connectivity index (χ0n) is 16.5. The first kappa shape index (κ1) is 24.4. The van der Waals surface area contributed by atoms with Crippen LogP contribution < -0.4 is 10.6 Å². The van der Waals surface area contributed by atoms with Crippen molar-refractivity contribution in [2.24, 2.45) is 11.3 Å². The predicted molar refractivity (Wildman–Crippen MR) is 116 cm³/mol. The Morgan fingerprint density at radius 1 is 1.12 bits per heavy atom. The zero-order valence-corrected chi connectivity index (χ0v) is 18.6. The van der Waals surface area contributed by atoms with Gasteiger partial charge in [0.1, 0.15) is 23.5 Å². The van der Waals surface area contributed by atoms with Gasteiger partial charge in [-0.2, -0.15) is 0 Å². The molecule has 1 amide bonds. The predicted octanol–water partition coefficient (Wildman–Crippen LogP) is 3.87.